The molecular formula is C13H13BrN2O4. The summed E-state index contributed by atoms with van der Waals surface area (Å²) in [5.74, 6) is -1.51. The van der Waals surface area contributed by atoms with Crippen molar-refractivity contribution < 1.29 is 19.5 Å². The van der Waals surface area contributed by atoms with Crippen molar-refractivity contribution in [3.63, 3.8) is 0 Å². The van der Waals surface area contributed by atoms with Gasteiger partial charge in [-0.3, -0.25) is 9.59 Å². The Balaban J connectivity index is 2.13. The van der Waals surface area contributed by atoms with Crippen LogP contribution in [0.1, 0.15) is 27.1 Å². The van der Waals surface area contributed by atoms with Crippen LogP contribution in [0.4, 0.5) is 0 Å². The van der Waals surface area contributed by atoms with E-state index in [-0.39, 0.29) is 35.4 Å². The first-order valence-corrected chi connectivity index (χ1v) is 6.75. The second kappa shape index (κ2) is 5.62. The zero-order valence-corrected chi connectivity index (χ0v) is 12.3. The third-order valence-electron chi connectivity index (χ3n) is 3.08. The summed E-state index contributed by atoms with van der Waals surface area (Å²) in [6.07, 6.45) is 0.266. The average Bonchev–Trinajstić information content (AvgIpc) is 2.67. The number of carboxylic acid groups (broad SMARTS) is 1. The molecule has 1 heterocycles. The zero-order valence-electron chi connectivity index (χ0n) is 10.7. The van der Waals surface area contributed by atoms with E-state index in [0.717, 1.165) is 0 Å². The van der Waals surface area contributed by atoms with E-state index in [1.807, 2.05) is 0 Å². The summed E-state index contributed by atoms with van der Waals surface area (Å²) in [5, 5.41) is 11.7. The molecule has 2 rings (SSSR count). The molecule has 1 saturated heterocycles. The van der Waals surface area contributed by atoms with Crippen molar-refractivity contribution in [1.82, 2.24) is 10.2 Å². The highest BCUT2D eigenvalue weighted by Crippen LogP contribution is 2.17. The van der Waals surface area contributed by atoms with Gasteiger partial charge in [-0.1, -0.05) is 15.9 Å². The maximum atomic E-state index is 12.1. The number of nitrogens with zero attached hydrogens (tertiary/aromatic N) is 1. The van der Waals surface area contributed by atoms with Crippen LogP contribution in [0.25, 0.3) is 0 Å². The largest absolute Gasteiger partial charge is 0.478 e. The van der Waals surface area contributed by atoms with E-state index < -0.39 is 5.97 Å². The van der Waals surface area contributed by atoms with Gasteiger partial charge in [0, 0.05) is 30.0 Å². The SMILES string of the molecule is CN1CC(NC(=O)c2cc(Br)cc(C(=O)O)c2)CC1=O. The standard InChI is InChI=1S/C13H13BrN2O4/c1-16-6-10(5-11(16)17)15-12(18)7-2-8(13(19)20)4-9(14)3-7/h2-4,10H,5-6H2,1H3,(H,15,18)(H,19,20). The van der Waals surface area contributed by atoms with E-state index in [9.17, 15) is 14.4 Å². The summed E-state index contributed by atoms with van der Waals surface area (Å²) >= 11 is 3.18. The fourth-order valence-electron chi connectivity index (χ4n) is 2.07. The van der Waals surface area contributed by atoms with Crippen molar-refractivity contribution in [2.45, 2.75) is 12.5 Å². The zero-order chi connectivity index (χ0) is 14.9. The minimum atomic E-state index is -1.10. The topological polar surface area (TPSA) is 86.7 Å². The molecular weight excluding hydrogens is 328 g/mol. The van der Waals surface area contributed by atoms with Crippen LogP contribution >= 0.6 is 15.9 Å². The van der Waals surface area contributed by atoms with Gasteiger partial charge in [-0.2, -0.15) is 0 Å². The Morgan fingerprint density at radius 1 is 1.35 bits per heavy atom. The number of rotatable bonds is 3. The van der Waals surface area contributed by atoms with E-state index in [2.05, 4.69) is 21.2 Å². The molecule has 0 spiro atoms. The highest BCUT2D eigenvalue weighted by Gasteiger charge is 2.28. The Morgan fingerprint density at radius 2 is 2.00 bits per heavy atom. The number of likely N-dealkylation sites (N-methyl/N-ethyl adjacent to an activating group) is 1. The number of benzene rings is 1. The number of nitrogens with one attached hydrogen (secondary N) is 1. The van der Waals surface area contributed by atoms with E-state index in [1.54, 1.807) is 18.0 Å². The predicted octanol–water partition coefficient (Wildman–Crippen LogP) is 1.11. The molecule has 1 atom stereocenters. The first kappa shape index (κ1) is 14.5. The lowest BCUT2D eigenvalue weighted by Crippen LogP contribution is -2.36. The molecule has 0 bridgehead atoms. The first-order valence-electron chi connectivity index (χ1n) is 5.95. The van der Waals surface area contributed by atoms with Gasteiger partial charge in [-0.05, 0) is 18.2 Å². The Bertz CT molecular complexity index is 588. The number of aromatic carboxylic acids is 1. The minimum absolute atomic E-state index is 0.0178. The molecule has 0 radical (unpaired) electrons. The average molecular weight is 341 g/mol. The summed E-state index contributed by atoms with van der Waals surface area (Å²) in [5.41, 5.74) is 0.280. The van der Waals surface area contributed by atoms with Crippen LogP contribution in [-0.2, 0) is 4.79 Å². The minimum Gasteiger partial charge on any atom is -0.478 e. The Labute approximate surface area is 123 Å². The van der Waals surface area contributed by atoms with Crippen molar-refractivity contribution in [3.8, 4) is 0 Å². The molecule has 1 aromatic carbocycles. The summed E-state index contributed by atoms with van der Waals surface area (Å²) in [4.78, 5) is 36.0. The molecule has 20 heavy (non-hydrogen) atoms. The van der Waals surface area contributed by atoms with Crippen molar-refractivity contribution >= 4 is 33.7 Å². The van der Waals surface area contributed by atoms with Gasteiger partial charge in [0.25, 0.3) is 5.91 Å². The highest BCUT2D eigenvalue weighted by molar-refractivity contribution is 9.10. The lowest BCUT2D eigenvalue weighted by Gasteiger charge is -2.13. The normalized spacial score (nSPS) is 18.2. The third-order valence-corrected chi connectivity index (χ3v) is 3.54. The second-order valence-corrected chi connectivity index (χ2v) is 5.60. The smallest absolute Gasteiger partial charge is 0.335 e. The molecule has 0 saturated carbocycles. The number of hydrogen-bond acceptors (Lipinski definition) is 3. The van der Waals surface area contributed by atoms with Gasteiger partial charge in [0.05, 0.1) is 11.6 Å². The number of halogens is 1. The molecule has 1 aromatic rings. The number of amides is 2. The second-order valence-electron chi connectivity index (χ2n) is 4.68. The molecule has 2 N–H and O–H groups in total. The van der Waals surface area contributed by atoms with E-state index >= 15 is 0 Å². The van der Waals surface area contributed by atoms with Gasteiger partial charge in [0.1, 0.15) is 0 Å². The van der Waals surface area contributed by atoms with Gasteiger partial charge >= 0.3 is 5.97 Å². The lowest BCUT2D eigenvalue weighted by molar-refractivity contribution is -0.126. The van der Waals surface area contributed by atoms with Gasteiger partial charge in [0.15, 0.2) is 0 Å². The van der Waals surface area contributed by atoms with Gasteiger partial charge in [0.2, 0.25) is 5.91 Å². The highest BCUT2D eigenvalue weighted by atomic mass is 79.9. The van der Waals surface area contributed by atoms with Gasteiger partial charge in [-0.15, -0.1) is 0 Å². The van der Waals surface area contributed by atoms with Crippen molar-refractivity contribution in [2.24, 2.45) is 0 Å². The van der Waals surface area contributed by atoms with Crippen LogP contribution < -0.4 is 5.32 Å². The van der Waals surface area contributed by atoms with Gasteiger partial charge < -0.3 is 15.3 Å². The predicted molar refractivity (Wildman–Crippen MR) is 74.6 cm³/mol. The van der Waals surface area contributed by atoms with Crippen molar-refractivity contribution in [2.75, 3.05) is 13.6 Å². The maximum Gasteiger partial charge on any atom is 0.335 e. The summed E-state index contributed by atoms with van der Waals surface area (Å²) in [6.45, 7) is 0.463. The van der Waals surface area contributed by atoms with E-state index in [1.165, 1.54) is 12.1 Å². The fraction of sp³-hybridized carbons (Fsp3) is 0.308. The lowest BCUT2D eigenvalue weighted by atomic mass is 10.1. The molecule has 106 valence electrons. The van der Waals surface area contributed by atoms with E-state index in [0.29, 0.717) is 11.0 Å². The van der Waals surface area contributed by atoms with Crippen LogP contribution in [0.5, 0.6) is 0 Å². The van der Waals surface area contributed by atoms with Crippen LogP contribution in [0, 0.1) is 0 Å². The molecule has 6 nitrogen and oxygen atoms in total. The quantitative estimate of drug-likeness (QED) is 0.862. The van der Waals surface area contributed by atoms with E-state index in [4.69, 9.17) is 5.11 Å². The molecule has 1 aliphatic rings. The molecule has 0 aromatic heterocycles. The third kappa shape index (κ3) is 3.16. The number of carbonyl (C=O) groups excluding carboxylic acids is 2. The van der Waals surface area contributed by atoms with Crippen LogP contribution in [-0.4, -0.2) is 47.4 Å². The van der Waals surface area contributed by atoms with Crippen molar-refractivity contribution in [1.29, 1.82) is 0 Å². The number of carboxylic acids is 1. The van der Waals surface area contributed by atoms with Gasteiger partial charge in [-0.25, -0.2) is 4.79 Å². The molecule has 1 fully saturated rings. The number of likely N-dealkylation sites (tertiary alicyclic amines) is 1. The number of hydrogen-bond donors (Lipinski definition) is 2. The van der Waals surface area contributed by atoms with Crippen LogP contribution in [0.3, 0.4) is 0 Å². The number of carbonyl (C=O) groups is 3. The molecule has 1 aliphatic heterocycles. The van der Waals surface area contributed by atoms with Crippen LogP contribution in [0.2, 0.25) is 0 Å². The molecule has 2 amide bonds. The molecule has 7 heteroatoms. The van der Waals surface area contributed by atoms with Crippen LogP contribution in [0.15, 0.2) is 22.7 Å². The Kier molecular flexibility index (Phi) is 4.08. The summed E-state index contributed by atoms with van der Waals surface area (Å²) < 4.78 is 0.516. The summed E-state index contributed by atoms with van der Waals surface area (Å²) in [7, 11) is 1.68. The molecule has 0 aliphatic carbocycles. The fourth-order valence-corrected chi connectivity index (χ4v) is 2.57. The van der Waals surface area contributed by atoms with Crippen molar-refractivity contribution in [3.05, 3.63) is 33.8 Å². The maximum absolute atomic E-state index is 12.1. The Hall–Kier alpha value is -1.89. The first-order chi connectivity index (χ1) is 9.36. The summed E-state index contributed by atoms with van der Waals surface area (Å²) in [6, 6.07) is 4.03. The molecule has 1 unspecified atom stereocenters. The Morgan fingerprint density at radius 3 is 2.55 bits per heavy atom. The monoisotopic (exact) mass is 340 g/mol.